The molecule has 0 aliphatic heterocycles. The molecular weight excluding hydrogens is 326 g/mol. The minimum absolute atomic E-state index is 0.0365. The van der Waals surface area contributed by atoms with Gasteiger partial charge in [0.2, 0.25) is 0 Å². The number of pyridine rings is 1. The number of hydrogen-bond donors (Lipinski definition) is 0. The normalized spacial score (nSPS) is 12.4. The molecule has 3 nitrogen and oxygen atoms in total. The van der Waals surface area contributed by atoms with Crippen LogP contribution in [0.4, 0.5) is 0 Å². The Balaban J connectivity index is 2.17. The van der Waals surface area contributed by atoms with Gasteiger partial charge in [0, 0.05) is 11.8 Å². The molecule has 0 unspecified atom stereocenters. The fraction of sp³-hybridized carbons (Fsp3) is 0.476. The van der Waals surface area contributed by atoms with Gasteiger partial charge in [-0.3, -0.25) is 4.79 Å². The second-order valence-corrected chi connectivity index (χ2v) is 13.3. The van der Waals surface area contributed by atoms with Crippen LogP contribution in [-0.2, 0) is 17.6 Å². The molecule has 1 heterocycles. The van der Waals surface area contributed by atoms with E-state index in [1.807, 2.05) is 11.5 Å². The number of hydrogen-bond acceptors (Lipinski definition) is 2. The second kappa shape index (κ2) is 7.30. The largest absolute Gasteiger partial charge is 0.413 e. The zero-order valence-corrected chi connectivity index (χ0v) is 17.6. The molecule has 0 atom stereocenters. The van der Waals surface area contributed by atoms with Gasteiger partial charge in [0.1, 0.15) is 0 Å². The van der Waals surface area contributed by atoms with E-state index in [1.54, 1.807) is 6.07 Å². The van der Waals surface area contributed by atoms with E-state index < -0.39 is 8.32 Å². The molecule has 0 N–H and O–H groups in total. The van der Waals surface area contributed by atoms with E-state index in [-0.39, 0.29) is 10.6 Å². The number of nitrogens with zero attached hydrogens (tertiary/aromatic N) is 1. The summed E-state index contributed by atoms with van der Waals surface area (Å²) in [5, 5.41) is 0.169. The summed E-state index contributed by atoms with van der Waals surface area (Å²) in [4.78, 5) is 12.6. The molecule has 1 aromatic carbocycles. The molecule has 0 radical (unpaired) electrons. The summed E-state index contributed by atoms with van der Waals surface area (Å²) in [6.07, 6.45) is 0. The first-order valence-electron chi connectivity index (χ1n) is 8.89. The van der Waals surface area contributed by atoms with E-state index in [2.05, 4.69) is 71.1 Å². The highest BCUT2D eigenvalue weighted by Crippen LogP contribution is 2.37. The lowest BCUT2D eigenvalue weighted by Crippen LogP contribution is -2.40. The topological polar surface area (TPSA) is 31.2 Å². The smallest absolute Gasteiger partial charge is 0.251 e. The van der Waals surface area contributed by atoms with Crippen LogP contribution in [0.15, 0.2) is 41.2 Å². The SMILES string of the molecule is Cc1ccc(Cn2c(C)cc(CO[Si](C)(C)C(C)(C)C)cc2=O)cc1. The molecule has 136 valence electrons. The molecule has 0 aliphatic carbocycles. The number of aromatic nitrogens is 1. The van der Waals surface area contributed by atoms with Gasteiger partial charge in [-0.25, -0.2) is 0 Å². The summed E-state index contributed by atoms with van der Waals surface area (Å²) >= 11 is 0. The van der Waals surface area contributed by atoms with Crippen LogP contribution >= 0.6 is 0 Å². The first-order valence-corrected chi connectivity index (χ1v) is 11.8. The zero-order valence-electron chi connectivity index (χ0n) is 16.6. The van der Waals surface area contributed by atoms with Crippen molar-refractivity contribution >= 4 is 8.32 Å². The fourth-order valence-electron chi connectivity index (χ4n) is 2.44. The van der Waals surface area contributed by atoms with Crippen molar-refractivity contribution in [1.29, 1.82) is 0 Å². The first kappa shape index (κ1) is 19.7. The highest BCUT2D eigenvalue weighted by molar-refractivity contribution is 6.74. The van der Waals surface area contributed by atoms with E-state index in [4.69, 9.17) is 4.43 Å². The average molecular weight is 358 g/mol. The summed E-state index contributed by atoms with van der Waals surface area (Å²) < 4.78 is 8.07. The molecule has 0 saturated carbocycles. The third-order valence-corrected chi connectivity index (χ3v) is 9.74. The molecule has 1 aromatic heterocycles. The third-order valence-electron chi connectivity index (χ3n) is 5.26. The van der Waals surface area contributed by atoms with Crippen LogP contribution in [0.5, 0.6) is 0 Å². The van der Waals surface area contributed by atoms with Gasteiger partial charge >= 0.3 is 0 Å². The summed E-state index contributed by atoms with van der Waals surface area (Å²) in [5.74, 6) is 0. The second-order valence-electron chi connectivity index (χ2n) is 8.46. The molecule has 25 heavy (non-hydrogen) atoms. The molecule has 0 fully saturated rings. The Bertz CT molecular complexity index is 783. The molecule has 2 rings (SSSR count). The summed E-state index contributed by atoms with van der Waals surface area (Å²) in [7, 11) is -1.81. The Morgan fingerprint density at radius 1 is 1.00 bits per heavy atom. The third kappa shape index (κ3) is 4.92. The van der Waals surface area contributed by atoms with Crippen LogP contribution in [0.1, 0.15) is 43.2 Å². The van der Waals surface area contributed by atoms with E-state index >= 15 is 0 Å². The van der Waals surface area contributed by atoms with Crippen molar-refractivity contribution in [2.75, 3.05) is 0 Å². The Morgan fingerprint density at radius 3 is 2.12 bits per heavy atom. The molecule has 4 heteroatoms. The van der Waals surface area contributed by atoms with Crippen molar-refractivity contribution in [2.24, 2.45) is 0 Å². The van der Waals surface area contributed by atoms with E-state index in [1.165, 1.54) is 5.56 Å². The van der Waals surface area contributed by atoms with Crippen molar-refractivity contribution in [3.8, 4) is 0 Å². The minimum Gasteiger partial charge on any atom is -0.413 e. The molecule has 2 aromatic rings. The summed E-state index contributed by atoms with van der Waals surface area (Å²) in [6.45, 7) is 16.3. The van der Waals surface area contributed by atoms with Crippen LogP contribution in [-0.4, -0.2) is 12.9 Å². The predicted octanol–water partition coefficient (Wildman–Crippen LogP) is 5.04. The molecule has 0 aliphatic rings. The lowest BCUT2D eigenvalue weighted by atomic mass is 10.1. The Labute approximate surface area is 152 Å². The lowest BCUT2D eigenvalue weighted by Gasteiger charge is -2.36. The van der Waals surface area contributed by atoms with Crippen molar-refractivity contribution < 1.29 is 4.43 Å². The number of benzene rings is 1. The van der Waals surface area contributed by atoms with E-state index in [0.29, 0.717) is 13.2 Å². The van der Waals surface area contributed by atoms with Crippen LogP contribution in [0, 0.1) is 13.8 Å². The predicted molar refractivity (Wildman–Crippen MR) is 108 cm³/mol. The number of rotatable bonds is 5. The van der Waals surface area contributed by atoms with Gasteiger partial charge in [0.15, 0.2) is 8.32 Å². The van der Waals surface area contributed by atoms with Crippen LogP contribution < -0.4 is 5.56 Å². The van der Waals surface area contributed by atoms with Gasteiger partial charge in [-0.1, -0.05) is 50.6 Å². The van der Waals surface area contributed by atoms with Crippen LogP contribution in [0.3, 0.4) is 0 Å². The van der Waals surface area contributed by atoms with Gasteiger partial charge < -0.3 is 8.99 Å². The van der Waals surface area contributed by atoms with Crippen molar-refractivity contribution in [3.63, 3.8) is 0 Å². The Kier molecular flexibility index (Phi) is 5.74. The van der Waals surface area contributed by atoms with Gasteiger partial charge in [0.05, 0.1) is 13.2 Å². The molecule has 0 bridgehead atoms. The maximum atomic E-state index is 12.6. The maximum Gasteiger partial charge on any atom is 0.251 e. The van der Waals surface area contributed by atoms with Gasteiger partial charge in [-0.15, -0.1) is 0 Å². The lowest BCUT2D eigenvalue weighted by molar-refractivity contribution is 0.276. The standard InChI is InChI=1S/C21H31NO2Si/c1-16-8-10-18(11-9-16)14-22-17(2)12-19(13-20(22)23)15-24-25(6,7)21(3,4)5/h8-13H,14-15H2,1-7H3. The maximum absolute atomic E-state index is 12.6. The summed E-state index contributed by atoms with van der Waals surface area (Å²) in [5.41, 5.74) is 4.34. The molecule has 0 spiro atoms. The van der Waals surface area contributed by atoms with Crippen molar-refractivity contribution in [1.82, 2.24) is 4.57 Å². The highest BCUT2D eigenvalue weighted by atomic mass is 28.4. The fourth-order valence-corrected chi connectivity index (χ4v) is 3.40. The molecular formula is C21H31NO2Si. The van der Waals surface area contributed by atoms with Gasteiger partial charge in [-0.2, -0.15) is 0 Å². The van der Waals surface area contributed by atoms with E-state index in [0.717, 1.165) is 16.8 Å². The summed E-state index contributed by atoms with van der Waals surface area (Å²) in [6, 6.07) is 12.1. The first-order chi connectivity index (χ1) is 11.5. The number of aryl methyl sites for hydroxylation is 2. The monoisotopic (exact) mass is 357 g/mol. The zero-order chi connectivity index (χ0) is 18.8. The van der Waals surface area contributed by atoms with Crippen LogP contribution in [0.2, 0.25) is 18.1 Å². The van der Waals surface area contributed by atoms with Gasteiger partial charge in [-0.05, 0) is 49.2 Å². The molecule has 0 saturated heterocycles. The molecule has 0 amide bonds. The average Bonchev–Trinajstić information content (AvgIpc) is 2.49. The Morgan fingerprint density at radius 2 is 1.60 bits per heavy atom. The van der Waals surface area contributed by atoms with Crippen LogP contribution in [0.25, 0.3) is 0 Å². The van der Waals surface area contributed by atoms with Crippen molar-refractivity contribution in [3.05, 3.63) is 69.1 Å². The minimum atomic E-state index is -1.81. The van der Waals surface area contributed by atoms with Gasteiger partial charge in [0.25, 0.3) is 5.56 Å². The van der Waals surface area contributed by atoms with Crippen molar-refractivity contribution in [2.45, 2.75) is 65.9 Å². The quantitative estimate of drug-likeness (QED) is 0.702. The Hall–Kier alpha value is -1.65. The highest BCUT2D eigenvalue weighted by Gasteiger charge is 2.37. The van der Waals surface area contributed by atoms with E-state index in [9.17, 15) is 4.79 Å².